The van der Waals surface area contributed by atoms with Gasteiger partial charge >= 0.3 is 0 Å². The van der Waals surface area contributed by atoms with Crippen molar-refractivity contribution in [3.8, 4) is 0 Å². The summed E-state index contributed by atoms with van der Waals surface area (Å²) >= 11 is 0. The van der Waals surface area contributed by atoms with E-state index >= 15 is 0 Å². The Balaban J connectivity index is 0. The van der Waals surface area contributed by atoms with E-state index in [0.717, 1.165) is 35.5 Å². The minimum atomic E-state index is 0. The van der Waals surface area contributed by atoms with Gasteiger partial charge in [-0.1, -0.05) is 98.6 Å². The molecule has 0 spiro atoms. The van der Waals surface area contributed by atoms with Crippen LogP contribution in [-0.2, 0) is 5.41 Å². The Morgan fingerprint density at radius 3 is 1.39 bits per heavy atom. The average Bonchev–Trinajstić information content (AvgIpc) is 2.70. The molecule has 3 rings (SSSR count). The van der Waals surface area contributed by atoms with E-state index in [9.17, 15) is 0 Å². The molecule has 4 atom stereocenters. The van der Waals surface area contributed by atoms with Gasteiger partial charge in [-0.2, -0.15) is 0 Å². The van der Waals surface area contributed by atoms with Crippen molar-refractivity contribution in [1.82, 2.24) is 0 Å². The number of hydrogen-bond donors (Lipinski definition) is 0. The molecule has 0 amide bonds. The van der Waals surface area contributed by atoms with E-state index in [4.69, 9.17) is 0 Å². The summed E-state index contributed by atoms with van der Waals surface area (Å²) in [7, 11) is 0. The molecule has 2 aliphatic rings. The minimum absolute atomic E-state index is 0. The Morgan fingerprint density at radius 2 is 1.16 bits per heavy atom. The molecular weight excluding hydrogens is 479 g/mol. The predicted octanol–water partition coefficient (Wildman–Crippen LogP) is 9.23. The maximum atomic E-state index is 4.04. The molecule has 0 nitrogen and oxygen atoms in total. The molecule has 0 bridgehead atoms. The van der Waals surface area contributed by atoms with Crippen molar-refractivity contribution in [2.75, 3.05) is 0 Å². The van der Waals surface area contributed by atoms with Gasteiger partial charge in [0, 0.05) is 25.3 Å². The third-order valence-corrected chi connectivity index (χ3v) is 6.94. The summed E-state index contributed by atoms with van der Waals surface area (Å²) in [4.78, 5) is 0. The van der Waals surface area contributed by atoms with Crippen molar-refractivity contribution >= 4 is 23.9 Å². The van der Waals surface area contributed by atoms with Gasteiger partial charge in [-0.25, -0.2) is 0 Å². The molecule has 177 valence electrons. The summed E-state index contributed by atoms with van der Waals surface area (Å²) in [5.74, 6) is 5.47. The minimum Gasteiger partial charge on any atom is -0.0625 e. The number of benzene rings is 1. The summed E-state index contributed by atoms with van der Waals surface area (Å²) in [5.41, 5.74) is 1.33. The molecule has 1 aromatic carbocycles. The fourth-order valence-electron chi connectivity index (χ4n) is 4.34. The topological polar surface area (TPSA) is 0 Å². The first-order chi connectivity index (χ1) is 14.0. The standard InChI is InChI=1S/2C10H19.C10H13.Sn.H2/c2*1-8(2)10-6-4-9(3)5-7-10;1-10(2,3)9-7-5-4-6-8-9;;/h2*6,8-10H,4-5,7H2,1-3H3;4-8H,1H2,2-3H3;;1H/t2*9-,10-;;;/m00.../s1. The van der Waals surface area contributed by atoms with Crippen LogP contribution >= 0.6 is 0 Å². The summed E-state index contributed by atoms with van der Waals surface area (Å²) in [6.07, 6.45) is 13.5. The number of hydrogen-bond acceptors (Lipinski definition) is 0. The maximum absolute atomic E-state index is 4.04. The van der Waals surface area contributed by atoms with Gasteiger partial charge in [0.25, 0.3) is 0 Å². The molecule has 2 saturated carbocycles. The van der Waals surface area contributed by atoms with Crippen LogP contribution in [0.1, 0.15) is 101 Å². The second-order valence-corrected chi connectivity index (χ2v) is 11.4. The van der Waals surface area contributed by atoms with Crippen LogP contribution in [0.3, 0.4) is 0 Å². The van der Waals surface area contributed by atoms with E-state index in [-0.39, 0.29) is 30.7 Å². The SMILES string of the molecule is CC(C)[C@H]1[CH]C[C@H](C)CC1.CC(C)[C@H]1[CH]C[C@H](C)CC1.[CH2]C(C)(C)c1ccccc1.[HH].[Sn]. The van der Waals surface area contributed by atoms with Crippen molar-refractivity contribution in [1.29, 1.82) is 0 Å². The van der Waals surface area contributed by atoms with Gasteiger partial charge in [0.1, 0.15) is 0 Å². The molecule has 1 heteroatoms. The van der Waals surface area contributed by atoms with E-state index in [1.54, 1.807) is 0 Å². The number of rotatable bonds is 3. The normalized spacial score (nSPS) is 26.2. The molecule has 2 fully saturated rings. The quantitative estimate of drug-likeness (QED) is 0.341. The van der Waals surface area contributed by atoms with Gasteiger partial charge in [0.15, 0.2) is 0 Å². The molecule has 2 aliphatic carbocycles. The molecule has 0 aromatic heterocycles. The van der Waals surface area contributed by atoms with Gasteiger partial charge in [-0.3, -0.25) is 0 Å². The molecule has 7 radical (unpaired) electrons. The van der Waals surface area contributed by atoms with E-state index in [1.165, 1.54) is 44.1 Å². The Morgan fingerprint density at radius 1 is 0.774 bits per heavy atom. The fourth-order valence-corrected chi connectivity index (χ4v) is 4.34. The first kappa shape index (κ1) is 31.0. The van der Waals surface area contributed by atoms with Crippen LogP contribution in [0.25, 0.3) is 0 Å². The smallest absolute Gasteiger partial charge is 0 e. The van der Waals surface area contributed by atoms with Crippen LogP contribution in [0.2, 0.25) is 0 Å². The predicted molar refractivity (Wildman–Crippen MR) is 144 cm³/mol. The van der Waals surface area contributed by atoms with Crippen LogP contribution in [0.5, 0.6) is 0 Å². The van der Waals surface area contributed by atoms with Crippen LogP contribution in [0, 0.1) is 55.3 Å². The molecule has 31 heavy (non-hydrogen) atoms. The van der Waals surface area contributed by atoms with Crippen molar-refractivity contribution in [3.05, 3.63) is 55.7 Å². The Kier molecular flexibility index (Phi) is 15.8. The Hall–Kier alpha value is 0.0187. The van der Waals surface area contributed by atoms with Crippen LogP contribution in [-0.4, -0.2) is 23.9 Å². The van der Waals surface area contributed by atoms with Crippen molar-refractivity contribution in [3.63, 3.8) is 0 Å². The molecule has 1 aromatic rings. The van der Waals surface area contributed by atoms with Gasteiger partial charge in [0.05, 0.1) is 0 Å². The monoisotopic (exact) mass is 533 g/mol. The van der Waals surface area contributed by atoms with Crippen LogP contribution in [0.15, 0.2) is 30.3 Å². The first-order valence-corrected chi connectivity index (χ1v) is 12.6. The molecular formula is C30H53Sn. The zero-order valence-corrected chi connectivity index (χ0v) is 24.8. The third kappa shape index (κ3) is 13.3. The van der Waals surface area contributed by atoms with Gasteiger partial charge < -0.3 is 0 Å². The van der Waals surface area contributed by atoms with E-state index in [0.29, 0.717) is 0 Å². The van der Waals surface area contributed by atoms with Gasteiger partial charge in [-0.15, -0.1) is 0 Å². The largest absolute Gasteiger partial charge is 0.0625 e. The van der Waals surface area contributed by atoms with E-state index in [2.05, 4.69) is 87.3 Å². The van der Waals surface area contributed by atoms with E-state index < -0.39 is 0 Å². The molecule has 0 heterocycles. The second kappa shape index (κ2) is 15.8. The zero-order valence-electron chi connectivity index (χ0n) is 22.0. The average molecular weight is 532 g/mol. The Bertz CT molecular complexity index is 504. The molecule has 0 aliphatic heterocycles. The van der Waals surface area contributed by atoms with Crippen molar-refractivity contribution in [2.45, 2.75) is 99.3 Å². The molecule has 0 saturated heterocycles. The van der Waals surface area contributed by atoms with Crippen LogP contribution in [0.4, 0.5) is 0 Å². The summed E-state index contributed by atoms with van der Waals surface area (Å²) in [6.45, 7) is 22.3. The Labute approximate surface area is 215 Å². The van der Waals surface area contributed by atoms with Crippen molar-refractivity contribution < 1.29 is 1.43 Å². The van der Waals surface area contributed by atoms with Crippen LogP contribution < -0.4 is 0 Å². The summed E-state index contributed by atoms with van der Waals surface area (Å²) in [5, 5.41) is 0. The molecule has 0 N–H and O–H groups in total. The third-order valence-electron chi connectivity index (χ3n) is 6.94. The summed E-state index contributed by atoms with van der Waals surface area (Å²) < 4.78 is 0. The molecule has 0 unspecified atom stereocenters. The van der Waals surface area contributed by atoms with Gasteiger partial charge in [-0.05, 0) is 91.9 Å². The second-order valence-electron chi connectivity index (χ2n) is 11.4. The summed E-state index contributed by atoms with van der Waals surface area (Å²) in [6, 6.07) is 10.3. The van der Waals surface area contributed by atoms with Gasteiger partial charge in [0.2, 0.25) is 0 Å². The first-order valence-electron chi connectivity index (χ1n) is 12.6. The fraction of sp³-hybridized carbons (Fsp3) is 0.700. The maximum Gasteiger partial charge on any atom is 0 e. The zero-order chi connectivity index (χ0) is 22.7. The van der Waals surface area contributed by atoms with Crippen molar-refractivity contribution in [2.24, 2.45) is 35.5 Å². The van der Waals surface area contributed by atoms with E-state index in [1.807, 2.05) is 18.2 Å².